The molecule has 1 aliphatic heterocycles. The van der Waals surface area contributed by atoms with Gasteiger partial charge < -0.3 is 0 Å². The molecule has 0 aromatic heterocycles. The minimum Gasteiger partial charge on any atom is -0.184 e. The Morgan fingerprint density at radius 1 is 0.750 bits per heavy atom. The van der Waals surface area contributed by atoms with E-state index in [1.54, 1.807) is 0 Å². The Bertz CT molecular complexity index is 281. The van der Waals surface area contributed by atoms with E-state index in [2.05, 4.69) is 9.04 Å². The van der Waals surface area contributed by atoms with Gasteiger partial charge in [0, 0.05) is 0 Å². The highest BCUT2D eigenvalue weighted by Gasteiger charge is 2.38. The van der Waals surface area contributed by atoms with Crippen molar-refractivity contribution >= 4 is 18.1 Å². The summed E-state index contributed by atoms with van der Waals surface area (Å²) in [5.41, 5.74) is 0. The lowest BCUT2D eigenvalue weighted by molar-refractivity contribution is 0.574. The predicted octanol–water partition coefficient (Wildman–Crippen LogP) is -0.973. The third kappa shape index (κ3) is 0.464. The molecule has 1 heterocycles. The highest BCUT2D eigenvalue weighted by Crippen LogP contribution is 2.18. The van der Waals surface area contributed by atoms with Crippen LogP contribution < -0.4 is 0 Å². The van der Waals surface area contributed by atoms with Crippen LogP contribution in [-0.2, 0) is 18.1 Å². The number of nitrogens with zero attached hydrogens (tertiary/aromatic N) is 2. The fourth-order valence-corrected chi connectivity index (χ4v) is 1.28. The molecule has 0 saturated carbocycles. The van der Waals surface area contributed by atoms with Crippen molar-refractivity contribution in [3.05, 3.63) is 0 Å². The van der Waals surface area contributed by atoms with Gasteiger partial charge in [-0.3, -0.25) is 0 Å². The highest BCUT2D eigenvalue weighted by atomic mass is 33.2. The van der Waals surface area contributed by atoms with Crippen LogP contribution in [0.3, 0.4) is 0 Å². The third-order valence-corrected chi connectivity index (χ3v) is 3.70. The van der Waals surface area contributed by atoms with Gasteiger partial charge in [0.15, 0.2) is 0 Å². The Morgan fingerprint density at radius 2 is 1.00 bits per heavy atom. The van der Waals surface area contributed by atoms with Crippen molar-refractivity contribution in [3.63, 3.8) is 0 Å². The maximum atomic E-state index is 9.89. The van der Waals surface area contributed by atoms with Gasteiger partial charge in [-0.2, -0.15) is 16.8 Å². The first-order valence-electron chi connectivity index (χ1n) is 1.40. The van der Waals surface area contributed by atoms with Crippen molar-refractivity contribution in [1.29, 1.82) is 0 Å². The van der Waals surface area contributed by atoms with Crippen LogP contribution in [0.25, 0.3) is 0 Å². The van der Waals surface area contributed by atoms with Crippen LogP contribution in [0.2, 0.25) is 0 Å². The van der Waals surface area contributed by atoms with E-state index in [-0.39, 0.29) is 0 Å². The van der Waals surface area contributed by atoms with Crippen molar-refractivity contribution in [2.24, 2.45) is 9.04 Å². The molecule has 0 bridgehead atoms. The molecule has 0 N–H and O–H groups in total. The zero-order valence-corrected chi connectivity index (χ0v) is 4.98. The molecule has 1 aliphatic rings. The van der Waals surface area contributed by atoms with Gasteiger partial charge in [-0.15, -0.1) is 0 Å². The number of hydrogen-bond acceptors (Lipinski definition) is 4. The predicted molar refractivity (Wildman–Crippen MR) is 22.7 cm³/mol. The molecule has 0 amide bonds. The smallest absolute Gasteiger partial charge is 0.184 e. The Labute approximate surface area is 44.7 Å². The van der Waals surface area contributed by atoms with E-state index in [1.165, 1.54) is 0 Å². The molecule has 0 radical (unpaired) electrons. The van der Waals surface area contributed by atoms with Crippen molar-refractivity contribution < 1.29 is 16.8 Å². The molecule has 8 heavy (non-hydrogen) atoms. The number of hydrogen-bond donors (Lipinski definition) is 0. The van der Waals surface area contributed by atoms with Crippen molar-refractivity contribution in [1.82, 2.24) is 0 Å². The van der Waals surface area contributed by atoms with E-state index in [9.17, 15) is 16.8 Å². The van der Waals surface area contributed by atoms with Gasteiger partial charge in [-0.1, -0.05) is 0 Å². The average molecular weight is 156 g/mol. The largest absolute Gasteiger partial charge is 0.399 e. The molecular weight excluding hydrogens is 156 g/mol. The molecule has 8 heteroatoms. The van der Waals surface area contributed by atoms with Crippen LogP contribution in [0.15, 0.2) is 9.04 Å². The topological polar surface area (TPSA) is 93.0 Å². The summed E-state index contributed by atoms with van der Waals surface area (Å²) >= 11 is 0. The van der Waals surface area contributed by atoms with Crippen molar-refractivity contribution in [2.45, 2.75) is 0 Å². The normalized spacial score (nSPS) is 29.0. The minimum atomic E-state index is -4.23. The quantitative estimate of drug-likeness (QED) is 0.421. The first kappa shape index (κ1) is 5.63. The van der Waals surface area contributed by atoms with Crippen LogP contribution >= 0.6 is 0 Å². The third-order valence-electron chi connectivity index (χ3n) is 0.499. The molecule has 0 atom stereocenters. The van der Waals surface area contributed by atoms with Gasteiger partial charge in [0.1, 0.15) is 0 Å². The summed E-state index contributed by atoms with van der Waals surface area (Å²) in [6.07, 6.45) is 0. The van der Waals surface area contributed by atoms with Crippen molar-refractivity contribution in [2.75, 3.05) is 0 Å². The Kier molecular flexibility index (Phi) is 0.760. The summed E-state index contributed by atoms with van der Waals surface area (Å²) in [6.45, 7) is 0. The molecule has 46 valence electrons. The van der Waals surface area contributed by atoms with Gasteiger partial charge in [-0.25, -0.2) is 0 Å². The van der Waals surface area contributed by atoms with Crippen LogP contribution in [-0.4, -0.2) is 16.8 Å². The second kappa shape index (κ2) is 1.08. The fourth-order valence-electron chi connectivity index (χ4n) is 0.142. The minimum absolute atomic E-state index is 2.36. The van der Waals surface area contributed by atoms with Gasteiger partial charge in [0.25, 0.3) is 0 Å². The van der Waals surface area contributed by atoms with Gasteiger partial charge in [-0.05, 0) is 9.04 Å². The zero-order chi connectivity index (χ0) is 6.41. The highest BCUT2D eigenvalue weighted by molar-refractivity contribution is 8.67. The van der Waals surface area contributed by atoms with Crippen LogP contribution in [0.4, 0.5) is 0 Å². The van der Waals surface area contributed by atoms with E-state index < -0.39 is 18.1 Å². The fraction of sp³-hybridized carbons (Fsp3) is 0. The van der Waals surface area contributed by atoms with Crippen LogP contribution in [0.5, 0.6) is 0 Å². The summed E-state index contributed by atoms with van der Waals surface area (Å²) in [5.74, 6) is 0. The molecule has 1 rings (SSSR count). The summed E-state index contributed by atoms with van der Waals surface area (Å²) in [4.78, 5) is 0. The lowest BCUT2D eigenvalue weighted by Gasteiger charge is -1.97. The van der Waals surface area contributed by atoms with E-state index >= 15 is 0 Å². The molecule has 0 saturated heterocycles. The SMILES string of the molecule is O=S1(=O)N=NS1(=O)=O. The molecule has 0 aliphatic carbocycles. The Balaban J connectivity index is 3.66. The first-order valence-corrected chi connectivity index (χ1v) is 4.80. The first-order chi connectivity index (χ1) is 3.46. The summed E-state index contributed by atoms with van der Waals surface area (Å²) < 4.78 is 44.3. The van der Waals surface area contributed by atoms with Crippen LogP contribution in [0.1, 0.15) is 0 Å². The molecule has 0 aromatic rings. The molecule has 6 nitrogen and oxygen atoms in total. The van der Waals surface area contributed by atoms with E-state index in [4.69, 9.17) is 0 Å². The van der Waals surface area contributed by atoms with Crippen molar-refractivity contribution in [3.8, 4) is 0 Å². The second-order valence-corrected chi connectivity index (χ2v) is 5.58. The average Bonchev–Trinajstić information content (AvgIpc) is 1.64. The monoisotopic (exact) mass is 156 g/mol. The standard InChI is InChI=1S/N2O4S2/c3-7(4)1-2-8(7,5)6. The van der Waals surface area contributed by atoms with E-state index in [0.29, 0.717) is 0 Å². The maximum absolute atomic E-state index is 9.89. The maximum Gasteiger partial charge on any atom is 0.399 e. The molecule has 0 fully saturated rings. The lowest BCUT2D eigenvalue weighted by atomic mass is 13.2. The molecule has 0 aromatic carbocycles. The Hall–Kier alpha value is -0.500. The Morgan fingerprint density at radius 3 is 1.00 bits per heavy atom. The van der Waals surface area contributed by atoms with Gasteiger partial charge >= 0.3 is 18.1 Å². The van der Waals surface area contributed by atoms with Gasteiger partial charge in [0.05, 0.1) is 0 Å². The number of rotatable bonds is 0. The summed E-state index contributed by atoms with van der Waals surface area (Å²) in [6, 6.07) is 0. The zero-order valence-electron chi connectivity index (χ0n) is 3.34. The molecule has 0 unspecified atom stereocenters. The molecule has 0 spiro atoms. The summed E-state index contributed by atoms with van der Waals surface area (Å²) in [5, 5.41) is 0. The second-order valence-electron chi connectivity index (χ2n) is 1.02. The summed E-state index contributed by atoms with van der Waals surface area (Å²) in [7, 11) is -8.46. The van der Waals surface area contributed by atoms with E-state index in [0.717, 1.165) is 0 Å². The van der Waals surface area contributed by atoms with Gasteiger partial charge in [0.2, 0.25) is 0 Å². The van der Waals surface area contributed by atoms with E-state index in [1.807, 2.05) is 0 Å². The molecular formula is N2O4S2. The van der Waals surface area contributed by atoms with Crippen LogP contribution in [0, 0.1) is 0 Å². The lowest BCUT2D eigenvalue weighted by Crippen LogP contribution is -2.16.